The molecule has 0 saturated carbocycles. The molecule has 6 heteroatoms. The van der Waals surface area contributed by atoms with E-state index in [1.807, 2.05) is 19.1 Å². The van der Waals surface area contributed by atoms with Crippen LogP contribution in [0, 0.1) is 6.92 Å². The van der Waals surface area contributed by atoms with Crippen LogP contribution < -0.4 is 15.0 Å². The molecule has 0 aliphatic carbocycles. The van der Waals surface area contributed by atoms with Crippen LogP contribution in [0.5, 0.6) is 5.75 Å². The summed E-state index contributed by atoms with van der Waals surface area (Å²) in [5.74, 6) is -0.0104. The van der Waals surface area contributed by atoms with Crippen molar-refractivity contribution in [3.63, 3.8) is 0 Å². The average molecular weight is 347 g/mol. The first-order valence-electron chi connectivity index (χ1n) is 7.39. The van der Waals surface area contributed by atoms with E-state index in [2.05, 4.69) is 5.32 Å². The van der Waals surface area contributed by atoms with Crippen molar-refractivity contribution < 1.29 is 14.3 Å². The third-order valence-corrected chi connectivity index (χ3v) is 3.67. The predicted molar refractivity (Wildman–Crippen MR) is 95.8 cm³/mol. The van der Waals surface area contributed by atoms with Gasteiger partial charge in [-0.1, -0.05) is 23.7 Å². The molecule has 2 aromatic rings. The SMILES string of the molecule is COc1ccc(C)cc1NC(=O)CN(C(C)=O)c1cccc(Cl)c1. The van der Waals surface area contributed by atoms with Crippen LogP contribution in [0.4, 0.5) is 11.4 Å². The number of ether oxygens (including phenoxy) is 1. The number of carbonyl (C=O) groups excluding carboxylic acids is 2. The molecule has 0 fully saturated rings. The lowest BCUT2D eigenvalue weighted by Crippen LogP contribution is -2.36. The second-order valence-corrected chi connectivity index (χ2v) is 5.77. The van der Waals surface area contributed by atoms with Crippen LogP contribution in [0.2, 0.25) is 5.02 Å². The summed E-state index contributed by atoms with van der Waals surface area (Å²) in [4.78, 5) is 25.6. The van der Waals surface area contributed by atoms with Gasteiger partial charge in [0, 0.05) is 17.6 Å². The number of aryl methyl sites for hydroxylation is 1. The van der Waals surface area contributed by atoms with Crippen molar-refractivity contribution >= 4 is 34.8 Å². The van der Waals surface area contributed by atoms with E-state index in [1.165, 1.54) is 18.9 Å². The quantitative estimate of drug-likeness (QED) is 0.899. The van der Waals surface area contributed by atoms with Gasteiger partial charge in [0.2, 0.25) is 11.8 Å². The van der Waals surface area contributed by atoms with Gasteiger partial charge >= 0.3 is 0 Å². The van der Waals surface area contributed by atoms with Gasteiger partial charge in [0.05, 0.1) is 12.8 Å². The topological polar surface area (TPSA) is 58.6 Å². The van der Waals surface area contributed by atoms with Gasteiger partial charge in [-0.05, 0) is 42.8 Å². The van der Waals surface area contributed by atoms with Crippen molar-refractivity contribution in [3.8, 4) is 5.75 Å². The molecule has 0 saturated heterocycles. The summed E-state index contributed by atoms with van der Waals surface area (Å²) in [6.07, 6.45) is 0. The Bertz CT molecular complexity index is 762. The number of nitrogens with zero attached hydrogens (tertiary/aromatic N) is 1. The monoisotopic (exact) mass is 346 g/mol. The number of hydrogen-bond acceptors (Lipinski definition) is 3. The van der Waals surface area contributed by atoms with Crippen molar-refractivity contribution in [2.24, 2.45) is 0 Å². The molecule has 0 bridgehead atoms. The number of hydrogen-bond donors (Lipinski definition) is 1. The Hall–Kier alpha value is -2.53. The first-order chi connectivity index (χ1) is 11.4. The second kappa shape index (κ2) is 7.84. The van der Waals surface area contributed by atoms with Crippen LogP contribution in [0.3, 0.4) is 0 Å². The molecule has 1 N–H and O–H groups in total. The molecule has 0 aliphatic rings. The molecule has 2 aromatic carbocycles. The van der Waals surface area contributed by atoms with Gasteiger partial charge < -0.3 is 15.0 Å². The maximum atomic E-state index is 12.4. The molecule has 126 valence electrons. The van der Waals surface area contributed by atoms with Crippen molar-refractivity contribution in [1.29, 1.82) is 0 Å². The minimum atomic E-state index is -0.325. The van der Waals surface area contributed by atoms with Crippen molar-refractivity contribution in [2.75, 3.05) is 23.9 Å². The maximum absolute atomic E-state index is 12.4. The number of anilines is 2. The molecule has 2 rings (SSSR count). The summed E-state index contributed by atoms with van der Waals surface area (Å²) in [5.41, 5.74) is 2.13. The zero-order valence-corrected chi connectivity index (χ0v) is 14.6. The highest BCUT2D eigenvalue weighted by Crippen LogP contribution is 2.25. The number of methoxy groups -OCH3 is 1. The maximum Gasteiger partial charge on any atom is 0.244 e. The van der Waals surface area contributed by atoms with Crippen LogP contribution >= 0.6 is 11.6 Å². The zero-order valence-electron chi connectivity index (χ0n) is 13.8. The summed E-state index contributed by atoms with van der Waals surface area (Å²) in [6.45, 7) is 3.21. The third-order valence-electron chi connectivity index (χ3n) is 3.43. The molecule has 0 heterocycles. The average Bonchev–Trinajstić information content (AvgIpc) is 2.52. The van der Waals surface area contributed by atoms with Crippen LogP contribution in [-0.2, 0) is 9.59 Å². The number of benzene rings is 2. The lowest BCUT2D eigenvalue weighted by molar-refractivity contribution is -0.120. The van der Waals surface area contributed by atoms with E-state index in [1.54, 1.807) is 30.3 Å². The van der Waals surface area contributed by atoms with E-state index in [-0.39, 0.29) is 18.4 Å². The van der Waals surface area contributed by atoms with Gasteiger partial charge in [-0.25, -0.2) is 0 Å². The molecule has 0 unspecified atom stereocenters. The van der Waals surface area contributed by atoms with E-state index in [9.17, 15) is 9.59 Å². The highest BCUT2D eigenvalue weighted by atomic mass is 35.5. The van der Waals surface area contributed by atoms with Gasteiger partial charge in [-0.2, -0.15) is 0 Å². The first kappa shape index (κ1) is 17.8. The minimum Gasteiger partial charge on any atom is -0.495 e. The number of halogens is 1. The van der Waals surface area contributed by atoms with Gasteiger partial charge in [-0.3, -0.25) is 9.59 Å². The van der Waals surface area contributed by atoms with Crippen LogP contribution in [0.1, 0.15) is 12.5 Å². The zero-order chi connectivity index (χ0) is 17.7. The van der Waals surface area contributed by atoms with Crippen molar-refractivity contribution in [2.45, 2.75) is 13.8 Å². The Morgan fingerprint density at radius 1 is 1.21 bits per heavy atom. The largest absolute Gasteiger partial charge is 0.495 e. The lowest BCUT2D eigenvalue weighted by Gasteiger charge is -2.21. The smallest absolute Gasteiger partial charge is 0.244 e. The Balaban J connectivity index is 2.17. The molecule has 24 heavy (non-hydrogen) atoms. The minimum absolute atomic E-state index is 0.118. The fourth-order valence-corrected chi connectivity index (χ4v) is 2.47. The molecule has 0 radical (unpaired) electrons. The summed E-state index contributed by atoms with van der Waals surface area (Å²) in [5, 5.41) is 3.28. The Morgan fingerprint density at radius 2 is 1.96 bits per heavy atom. The van der Waals surface area contributed by atoms with E-state index in [0.717, 1.165) is 5.56 Å². The van der Waals surface area contributed by atoms with Crippen LogP contribution in [0.15, 0.2) is 42.5 Å². The number of nitrogens with one attached hydrogen (secondary N) is 1. The fourth-order valence-electron chi connectivity index (χ4n) is 2.28. The molecule has 0 aliphatic heterocycles. The summed E-state index contributed by atoms with van der Waals surface area (Å²) >= 11 is 5.96. The lowest BCUT2D eigenvalue weighted by atomic mass is 10.2. The summed E-state index contributed by atoms with van der Waals surface area (Å²) in [6, 6.07) is 12.3. The Labute approximate surface area is 146 Å². The van der Waals surface area contributed by atoms with Gasteiger partial charge in [-0.15, -0.1) is 0 Å². The van der Waals surface area contributed by atoms with E-state index >= 15 is 0 Å². The highest BCUT2D eigenvalue weighted by Gasteiger charge is 2.17. The van der Waals surface area contributed by atoms with E-state index in [0.29, 0.717) is 22.1 Å². The predicted octanol–water partition coefficient (Wildman–Crippen LogP) is 3.65. The van der Waals surface area contributed by atoms with Gasteiger partial charge in [0.25, 0.3) is 0 Å². The van der Waals surface area contributed by atoms with E-state index in [4.69, 9.17) is 16.3 Å². The number of rotatable bonds is 5. The normalized spacial score (nSPS) is 10.2. The van der Waals surface area contributed by atoms with Crippen LogP contribution in [0.25, 0.3) is 0 Å². The second-order valence-electron chi connectivity index (χ2n) is 5.34. The molecular weight excluding hydrogens is 328 g/mol. The molecular formula is C18H19ClN2O3. The van der Waals surface area contributed by atoms with Gasteiger partial charge in [0.1, 0.15) is 12.3 Å². The molecule has 5 nitrogen and oxygen atoms in total. The Kier molecular flexibility index (Phi) is 5.82. The van der Waals surface area contributed by atoms with Gasteiger partial charge in [0.15, 0.2) is 0 Å². The fraction of sp³-hybridized carbons (Fsp3) is 0.222. The molecule has 0 spiro atoms. The number of amides is 2. The van der Waals surface area contributed by atoms with Crippen molar-refractivity contribution in [1.82, 2.24) is 0 Å². The standard InChI is InChI=1S/C18H19ClN2O3/c1-12-7-8-17(24-3)16(9-12)20-18(23)11-21(13(2)22)15-6-4-5-14(19)10-15/h4-10H,11H2,1-3H3,(H,20,23). The number of carbonyl (C=O) groups is 2. The van der Waals surface area contributed by atoms with Crippen molar-refractivity contribution in [3.05, 3.63) is 53.1 Å². The summed E-state index contributed by atoms with van der Waals surface area (Å²) in [7, 11) is 1.54. The Morgan fingerprint density at radius 3 is 2.58 bits per heavy atom. The van der Waals surface area contributed by atoms with E-state index < -0.39 is 0 Å². The highest BCUT2D eigenvalue weighted by molar-refractivity contribution is 6.31. The molecule has 0 aromatic heterocycles. The first-order valence-corrected chi connectivity index (χ1v) is 7.76. The summed E-state index contributed by atoms with van der Waals surface area (Å²) < 4.78 is 5.24. The third kappa shape index (κ3) is 4.49. The molecule has 2 amide bonds. The van der Waals surface area contributed by atoms with Crippen LogP contribution in [-0.4, -0.2) is 25.5 Å². The molecule has 0 atom stereocenters.